The topological polar surface area (TPSA) is 44.5 Å². The Morgan fingerprint density at radius 3 is 1.86 bits per heavy atom. The van der Waals surface area contributed by atoms with Crippen molar-refractivity contribution in [2.75, 3.05) is 26.0 Å². The Hall–Kier alpha value is -1.65. The molecule has 112 valence electrons. The van der Waals surface area contributed by atoms with Crippen LogP contribution < -0.4 is 15.2 Å². The molecule has 0 aliphatic heterocycles. The average Bonchev–Trinajstić information content (AvgIpc) is 2.54. The third-order valence-electron chi connectivity index (χ3n) is 3.04. The molecule has 0 bridgehead atoms. The molecule has 0 aliphatic carbocycles. The second-order valence-corrected chi connectivity index (χ2v) is 5.43. The van der Waals surface area contributed by atoms with Crippen LogP contribution in [0.25, 0.3) is 0 Å². The number of ether oxygens (including phenoxy) is 2. The highest BCUT2D eigenvalue weighted by Crippen LogP contribution is 2.19. The lowest BCUT2D eigenvalue weighted by Gasteiger charge is -2.09. The summed E-state index contributed by atoms with van der Waals surface area (Å²) in [4.78, 5) is 1.23. The molecule has 21 heavy (non-hydrogen) atoms. The van der Waals surface area contributed by atoms with Gasteiger partial charge in [0.15, 0.2) is 0 Å². The Balaban J connectivity index is 1.71. The van der Waals surface area contributed by atoms with Crippen LogP contribution in [0.15, 0.2) is 53.4 Å². The normalized spacial score (nSPS) is 10.4. The first-order valence-corrected chi connectivity index (χ1v) is 8.23. The monoisotopic (exact) mass is 303 g/mol. The quantitative estimate of drug-likeness (QED) is 0.600. The Bertz CT molecular complexity index is 525. The zero-order valence-electron chi connectivity index (χ0n) is 12.2. The van der Waals surface area contributed by atoms with Crippen LogP contribution in [-0.4, -0.2) is 26.0 Å². The van der Waals surface area contributed by atoms with E-state index in [0.29, 0.717) is 19.8 Å². The van der Waals surface area contributed by atoms with Crippen LogP contribution in [0.2, 0.25) is 0 Å². The van der Waals surface area contributed by atoms with E-state index in [1.54, 1.807) is 11.8 Å². The van der Waals surface area contributed by atoms with Crippen molar-refractivity contribution < 1.29 is 9.47 Å². The van der Waals surface area contributed by atoms with E-state index >= 15 is 0 Å². The molecule has 4 heteroatoms. The van der Waals surface area contributed by atoms with Crippen molar-refractivity contribution in [3.8, 4) is 11.5 Å². The molecule has 0 saturated heterocycles. The molecule has 0 heterocycles. The van der Waals surface area contributed by atoms with Crippen molar-refractivity contribution >= 4 is 11.8 Å². The van der Waals surface area contributed by atoms with E-state index in [4.69, 9.17) is 15.2 Å². The summed E-state index contributed by atoms with van der Waals surface area (Å²) in [6.45, 7) is 1.73. The van der Waals surface area contributed by atoms with Gasteiger partial charge in [-0.05, 0) is 61.2 Å². The van der Waals surface area contributed by atoms with Gasteiger partial charge in [-0.15, -0.1) is 11.8 Å². The summed E-state index contributed by atoms with van der Waals surface area (Å²) < 4.78 is 11.3. The molecule has 0 aromatic heterocycles. The van der Waals surface area contributed by atoms with Crippen molar-refractivity contribution in [1.29, 1.82) is 0 Å². The third kappa shape index (κ3) is 5.33. The molecule has 0 atom stereocenters. The Morgan fingerprint density at radius 2 is 1.38 bits per heavy atom. The van der Waals surface area contributed by atoms with Crippen molar-refractivity contribution in [2.45, 2.75) is 11.3 Å². The lowest BCUT2D eigenvalue weighted by molar-refractivity contribution is 0.217. The van der Waals surface area contributed by atoms with Gasteiger partial charge >= 0.3 is 0 Å². The molecule has 2 aromatic carbocycles. The zero-order valence-corrected chi connectivity index (χ0v) is 13.1. The predicted octanol–water partition coefficient (Wildman–Crippen LogP) is 3.37. The SMILES string of the molecule is CSc1ccc(OCCOc2ccc(CCN)cc2)cc1. The lowest BCUT2D eigenvalue weighted by atomic mass is 10.1. The fourth-order valence-corrected chi connectivity index (χ4v) is 2.32. The summed E-state index contributed by atoms with van der Waals surface area (Å²) in [6, 6.07) is 16.1. The van der Waals surface area contributed by atoms with E-state index < -0.39 is 0 Å². The summed E-state index contributed by atoms with van der Waals surface area (Å²) in [5.74, 6) is 1.73. The number of hydrogen-bond acceptors (Lipinski definition) is 4. The van der Waals surface area contributed by atoms with Crippen molar-refractivity contribution in [1.82, 2.24) is 0 Å². The Morgan fingerprint density at radius 1 is 0.857 bits per heavy atom. The molecule has 0 radical (unpaired) electrons. The van der Waals surface area contributed by atoms with E-state index in [1.165, 1.54) is 10.5 Å². The molecule has 0 unspecified atom stereocenters. The molecule has 2 aromatic rings. The fraction of sp³-hybridized carbons (Fsp3) is 0.294. The summed E-state index contributed by atoms with van der Waals surface area (Å²) in [7, 11) is 0. The number of benzene rings is 2. The summed E-state index contributed by atoms with van der Waals surface area (Å²) in [5.41, 5.74) is 6.75. The molecular formula is C17H21NO2S. The van der Waals surface area contributed by atoms with Crippen LogP contribution >= 0.6 is 11.8 Å². The van der Waals surface area contributed by atoms with Crippen LogP contribution in [0.3, 0.4) is 0 Å². The average molecular weight is 303 g/mol. The van der Waals surface area contributed by atoms with Gasteiger partial charge in [-0.1, -0.05) is 12.1 Å². The first-order chi connectivity index (χ1) is 10.3. The maximum absolute atomic E-state index is 5.65. The van der Waals surface area contributed by atoms with Gasteiger partial charge in [-0.2, -0.15) is 0 Å². The Kier molecular flexibility index (Phi) is 6.44. The largest absolute Gasteiger partial charge is 0.490 e. The van der Waals surface area contributed by atoms with Gasteiger partial charge in [0.1, 0.15) is 24.7 Å². The van der Waals surface area contributed by atoms with E-state index in [1.807, 2.05) is 36.4 Å². The van der Waals surface area contributed by atoms with Crippen molar-refractivity contribution in [3.05, 3.63) is 54.1 Å². The molecule has 0 amide bonds. The molecule has 3 nitrogen and oxygen atoms in total. The van der Waals surface area contributed by atoms with Gasteiger partial charge in [-0.25, -0.2) is 0 Å². The number of nitrogens with two attached hydrogens (primary N) is 1. The minimum Gasteiger partial charge on any atom is -0.490 e. The lowest BCUT2D eigenvalue weighted by Crippen LogP contribution is -2.09. The fourth-order valence-electron chi connectivity index (χ4n) is 1.91. The first kappa shape index (κ1) is 15.7. The molecule has 2 N–H and O–H groups in total. The van der Waals surface area contributed by atoms with E-state index in [-0.39, 0.29) is 0 Å². The highest BCUT2D eigenvalue weighted by molar-refractivity contribution is 7.98. The minimum atomic E-state index is 0.528. The van der Waals surface area contributed by atoms with Crippen LogP contribution in [-0.2, 0) is 6.42 Å². The van der Waals surface area contributed by atoms with Gasteiger partial charge < -0.3 is 15.2 Å². The highest BCUT2D eigenvalue weighted by Gasteiger charge is 1.97. The van der Waals surface area contributed by atoms with Crippen molar-refractivity contribution in [3.63, 3.8) is 0 Å². The highest BCUT2D eigenvalue weighted by atomic mass is 32.2. The maximum atomic E-state index is 5.65. The predicted molar refractivity (Wildman–Crippen MR) is 88.4 cm³/mol. The van der Waals surface area contributed by atoms with E-state index in [2.05, 4.69) is 18.4 Å². The maximum Gasteiger partial charge on any atom is 0.122 e. The summed E-state index contributed by atoms with van der Waals surface area (Å²) >= 11 is 1.72. The van der Waals surface area contributed by atoms with Gasteiger partial charge in [-0.3, -0.25) is 0 Å². The first-order valence-electron chi connectivity index (χ1n) is 7.00. The Labute approximate surface area is 130 Å². The summed E-state index contributed by atoms with van der Waals surface area (Å²) in [5, 5.41) is 0. The molecule has 2 rings (SSSR count). The molecule has 0 saturated carbocycles. The minimum absolute atomic E-state index is 0.528. The van der Waals surface area contributed by atoms with Gasteiger partial charge in [0, 0.05) is 4.90 Å². The van der Waals surface area contributed by atoms with E-state index in [0.717, 1.165) is 17.9 Å². The van der Waals surface area contributed by atoms with Crippen LogP contribution in [0.5, 0.6) is 11.5 Å². The number of hydrogen-bond donors (Lipinski definition) is 1. The van der Waals surface area contributed by atoms with Gasteiger partial charge in [0.2, 0.25) is 0 Å². The number of rotatable bonds is 8. The van der Waals surface area contributed by atoms with E-state index in [9.17, 15) is 0 Å². The second kappa shape index (κ2) is 8.60. The van der Waals surface area contributed by atoms with Gasteiger partial charge in [0.25, 0.3) is 0 Å². The standard InChI is InChI=1S/C17H21NO2S/c1-21-17-8-6-16(7-9-17)20-13-12-19-15-4-2-14(3-5-15)10-11-18/h2-9H,10-13,18H2,1H3. The van der Waals surface area contributed by atoms with Crippen LogP contribution in [0, 0.1) is 0 Å². The molecule has 0 spiro atoms. The third-order valence-corrected chi connectivity index (χ3v) is 3.78. The molecule has 0 aliphatic rings. The zero-order chi connectivity index (χ0) is 14.9. The summed E-state index contributed by atoms with van der Waals surface area (Å²) in [6.07, 6.45) is 2.96. The number of thioether (sulfide) groups is 1. The van der Waals surface area contributed by atoms with Crippen LogP contribution in [0.4, 0.5) is 0 Å². The van der Waals surface area contributed by atoms with Gasteiger partial charge in [0.05, 0.1) is 0 Å². The molecular weight excluding hydrogens is 282 g/mol. The van der Waals surface area contributed by atoms with Crippen LogP contribution in [0.1, 0.15) is 5.56 Å². The van der Waals surface area contributed by atoms with Crippen molar-refractivity contribution in [2.24, 2.45) is 5.73 Å². The second-order valence-electron chi connectivity index (χ2n) is 4.56. The molecule has 0 fully saturated rings. The smallest absolute Gasteiger partial charge is 0.122 e.